The molecule has 0 amide bonds. The second kappa shape index (κ2) is 6.53. The van der Waals surface area contributed by atoms with E-state index in [-0.39, 0.29) is 0 Å². The Labute approximate surface area is 109 Å². The molecule has 2 nitrogen and oxygen atoms in total. The average molecular weight is 252 g/mol. The van der Waals surface area contributed by atoms with Crippen LogP contribution in [0.3, 0.4) is 0 Å². The van der Waals surface area contributed by atoms with Gasteiger partial charge in [-0.1, -0.05) is 19.3 Å². The first-order valence-corrected chi connectivity index (χ1v) is 7.71. The van der Waals surface area contributed by atoms with Crippen molar-refractivity contribution in [3.8, 4) is 0 Å². The Morgan fingerprint density at radius 1 is 1.29 bits per heavy atom. The van der Waals surface area contributed by atoms with Crippen molar-refractivity contribution in [3.05, 3.63) is 22.4 Å². The molecule has 3 heteroatoms. The summed E-state index contributed by atoms with van der Waals surface area (Å²) in [6.07, 6.45) is 8.08. The van der Waals surface area contributed by atoms with E-state index in [1.54, 1.807) is 11.3 Å². The number of thiophene rings is 1. The van der Waals surface area contributed by atoms with Crippen LogP contribution < -0.4 is 11.1 Å². The second-order valence-electron chi connectivity index (χ2n) is 5.32. The lowest BCUT2D eigenvalue weighted by atomic mass is 9.72. The largest absolute Gasteiger partial charge is 0.330 e. The molecular formula is C14H24N2S. The molecule has 1 saturated carbocycles. The molecule has 0 aliphatic heterocycles. The molecule has 0 unspecified atom stereocenters. The van der Waals surface area contributed by atoms with Crippen molar-refractivity contribution in [1.29, 1.82) is 0 Å². The maximum Gasteiger partial charge on any atom is 0.0213 e. The lowest BCUT2D eigenvalue weighted by molar-refractivity contribution is 0.181. The smallest absolute Gasteiger partial charge is 0.0213 e. The van der Waals surface area contributed by atoms with E-state index < -0.39 is 0 Å². The van der Waals surface area contributed by atoms with Crippen LogP contribution in [0.1, 0.15) is 44.1 Å². The molecule has 3 N–H and O–H groups in total. The molecule has 96 valence electrons. The van der Waals surface area contributed by atoms with E-state index in [1.165, 1.54) is 44.1 Å². The summed E-state index contributed by atoms with van der Waals surface area (Å²) in [5.74, 6) is 0. The van der Waals surface area contributed by atoms with Gasteiger partial charge in [0.2, 0.25) is 0 Å². The number of nitrogens with one attached hydrogen (secondary N) is 1. The highest BCUT2D eigenvalue weighted by Gasteiger charge is 2.29. The Morgan fingerprint density at radius 3 is 2.76 bits per heavy atom. The van der Waals surface area contributed by atoms with Crippen LogP contribution in [-0.4, -0.2) is 13.1 Å². The third-order valence-electron chi connectivity index (χ3n) is 4.09. The molecule has 0 bridgehead atoms. The van der Waals surface area contributed by atoms with Crippen molar-refractivity contribution in [2.45, 2.75) is 45.1 Å². The van der Waals surface area contributed by atoms with Gasteiger partial charge in [-0.2, -0.15) is 11.3 Å². The maximum atomic E-state index is 5.99. The average Bonchev–Trinajstić information content (AvgIpc) is 2.89. The van der Waals surface area contributed by atoms with Crippen molar-refractivity contribution < 1.29 is 0 Å². The van der Waals surface area contributed by atoms with Crippen LogP contribution in [-0.2, 0) is 6.54 Å². The summed E-state index contributed by atoms with van der Waals surface area (Å²) < 4.78 is 0. The highest BCUT2D eigenvalue weighted by atomic mass is 32.1. The predicted molar refractivity (Wildman–Crippen MR) is 75.2 cm³/mol. The molecule has 1 heterocycles. The summed E-state index contributed by atoms with van der Waals surface area (Å²) in [7, 11) is 0. The quantitative estimate of drug-likeness (QED) is 0.763. The minimum atomic E-state index is 0.444. The Morgan fingerprint density at radius 2 is 2.12 bits per heavy atom. The molecule has 0 spiro atoms. The van der Waals surface area contributed by atoms with Crippen LogP contribution in [0.2, 0.25) is 0 Å². The molecule has 0 radical (unpaired) electrons. The minimum absolute atomic E-state index is 0.444. The van der Waals surface area contributed by atoms with E-state index in [0.29, 0.717) is 5.41 Å². The second-order valence-corrected chi connectivity index (χ2v) is 6.10. The lowest BCUT2D eigenvalue weighted by Gasteiger charge is -2.36. The van der Waals surface area contributed by atoms with Crippen molar-refractivity contribution >= 4 is 11.3 Å². The normalized spacial score (nSPS) is 19.4. The fourth-order valence-corrected chi connectivity index (χ4v) is 3.51. The minimum Gasteiger partial charge on any atom is -0.330 e. The van der Waals surface area contributed by atoms with Gasteiger partial charge in [0.15, 0.2) is 0 Å². The molecule has 1 aliphatic carbocycles. The third-order valence-corrected chi connectivity index (χ3v) is 4.82. The lowest BCUT2D eigenvalue weighted by Crippen LogP contribution is -2.35. The van der Waals surface area contributed by atoms with Crippen LogP contribution in [0.4, 0.5) is 0 Å². The Balaban J connectivity index is 1.69. The monoisotopic (exact) mass is 252 g/mol. The zero-order chi connectivity index (χ0) is 12.0. The summed E-state index contributed by atoms with van der Waals surface area (Å²) in [4.78, 5) is 0. The van der Waals surface area contributed by atoms with Crippen LogP contribution in [0.5, 0.6) is 0 Å². The molecule has 1 aromatic rings. The standard InChI is InChI=1S/C14H24N2S/c15-12-14(5-2-1-3-6-14)7-8-16-10-13-4-9-17-11-13/h4,9,11,16H,1-3,5-8,10,12,15H2. The van der Waals surface area contributed by atoms with E-state index in [0.717, 1.165) is 19.6 Å². The van der Waals surface area contributed by atoms with Crippen molar-refractivity contribution in [2.75, 3.05) is 13.1 Å². The summed E-state index contributed by atoms with van der Waals surface area (Å²) in [5, 5.41) is 7.90. The summed E-state index contributed by atoms with van der Waals surface area (Å²) >= 11 is 1.77. The van der Waals surface area contributed by atoms with E-state index in [1.807, 2.05) is 0 Å². The zero-order valence-corrected chi connectivity index (χ0v) is 11.4. The molecule has 0 aromatic carbocycles. The fraction of sp³-hybridized carbons (Fsp3) is 0.714. The fourth-order valence-electron chi connectivity index (χ4n) is 2.84. The summed E-state index contributed by atoms with van der Waals surface area (Å²) in [6, 6.07) is 2.19. The van der Waals surface area contributed by atoms with Crippen LogP contribution in [0, 0.1) is 5.41 Å². The topological polar surface area (TPSA) is 38.0 Å². The van der Waals surface area contributed by atoms with Gasteiger partial charge < -0.3 is 11.1 Å². The molecule has 0 atom stereocenters. The Kier molecular flexibility index (Phi) is 5.01. The first-order chi connectivity index (χ1) is 8.35. The van der Waals surface area contributed by atoms with Crippen molar-refractivity contribution in [2.24, 2.45) is 11.1 Å². The van der Waals surface area contributed by atoms with Crippen LogP contribution in [0.15, 0.2) is 16.8 Å². The summed E-state index contributed by atoms with van der Waals surface area (Å²) in [6.45, 7) is 2.98. The van der Waals surface area contributed by atoms with Crippen LogP contribution >= 0.6 is 11.3 Å². The van der Waals surface area contributed by atoms with Gasteiger partial charge in [0.25, 0.3) is 0 Å². The van der Waals surface area contributed by atoms with Crippen molar-refractivity contribution in [1.82, 2.24) is 5.32 Å². The third kappa shape index (κ3) is 3.80. The van der Waals surface area contributed by atoms with Gasteiger partial charge in [-0.05, 0) is 60.2 Å². The van der Waals surface area contributed by atoms with Gasteiger partial charge in [-0.15, -0.1) is 0 Å². The first kappa shape index (κ1) is 13.1. The molecule has 1 aromatic heterocycles. The molecule has 1 fully saturated rings. The molecule has 0 saturated heterocycles. The SMILES string of the molecule is NCC1(CCNCc2ccsc2)CCCCC1. The van der Waals surface area contributed by atoms with E-state index in [2.05, 4.69) is 22.1 Å². The number of rotatable bonds is 6. The van der Waals surface area contributed by atoms with Crippen molar-refractivity contribution in [3.63, 3.8) is 0 Å². The highest BCUT2D eigenvalue weighted by molar-refractivity contribution is 7.07. The highest BCUT2D eigenvalue weighted by Crippen LogP contribution is 2.37. The number of hydrogen-bond acceptors (Lipinski definition) is 3. The van der Waals surface area contributed by atoms with Gasteiger partial charge in [0.1, 0.15) is 0 Å². The molecule has 2 rings (SSSR count). The first-order valence-electron chi connectivity index (χ1n) is 6.77. The van der Waals surface area contributed by atoms with Gasteiger partial charge in [0.05, 0.1) is 0 Å². The molecular weight excluding hydrogens is 228 g/mol. The zero-order valence-electron chi connectivity index (χ0n) is 10.6. The van der Waals surface area contributed by atoms with Gasteiger partial charge in [0, 0.05) is 6.54 Å². The van der Waals surface area contributed by atoms with Crippen LogP contribution in [0.25, 0.3) is 0 Å². The summed E-state index contributed by atoms with van der Waals surface area (Å²) in [5.41, 5.74) is 7.84. The van der Waals surface area contributed by atoms with E-state index in [4.69, 9.17) is 5.73 Å². The predicted octanol–water partition coefficient (Wildman–Crippen LogP) is 3.14. The Bertz CT molecular complexity index is 302. The van der Waals surface area contributed by atoms with Gasteiger partial charge in [-0.3, -0.25) is 0 Å². The van der Waals surface area contributed by atoms with E-state index in [9.17, 15) is 0 Å². The van der Waals surface area contributed by atoms with Gasteiger partial charge >= 0.3 is 0 Å². The maximum absolute atomic E-state index is 5.99. The molecule has 1 aliphatic rings. The number of nitrogens with two attached hydrogens (primary N) is 1. The number of hydrogen-bond donors (Lipinski definition) is 2. The molecule has 17 heavy (non-hydrogen) atoms. The van der Waals surface area contributed by atoms with Gasteiger partial charge in [-0.25, -0.2) is 0 Å². The Hall–Kier alpha value is -0.380. The van der Waals surface area contributed by atoms with E-state index >= 15 is 0 Å².